The van der Waals surface area contributed by atoms with E-state index in [4.69, 9.17) is 0 Å². The zero-order valence-electron chi connectivity index (χ0n) is 10.7. The van der Waals surface area contributed by atoms with E-state index >= 15 is 0 Å². The molecule has 1 atom stereocenters. The van der Waals surface area contributed by atoms with Crippen LogP contribution in [0.5, 0.6) is 0 Å². The highest BCUT2D eigenvalue weighted by atomic mass is 16.1. The number of rotatable bonds is 5. The molecule has 0 N–H and O–H groups in total. The molecule has 0 radical (unpaired) electrons. The number of hydrogen-bond donors (Lipinski definition) is 0. The summed E-state index contributed by atoms with van der Waals surface area (Å²) in [7, 11) is 2.03. The maximum absolute atomic E-state index is 11.1. The molecule has 88 valence electrons. The highest BCUT2D eigenvalue weighted by Gasteiger charge is 2.23. The van der Waals surface area contributed by atoms with Crippen molar-refractivity contribution in [1.29, 1.82) is 0 Å². The molecule has 2 heteroatoms. The lowest BCUT2D eigenvalue weighted by atomic mass is 9.89. The van der Waals surface area contributed by atoms with Gasteiger partial charge in [-0.25, -0.2) is 0 Å². The quantitative estimate of drug-likeness (QED) is 0.709. The molecule has 0 bridgehead atoms. The number of aryl methyl sites for hydroxylation is 1. The molecule has 1 aromatic carbocycles. The molecule has 0 heterocycles. The van der Waals surface area contributed by atoms with Crippen LogP contribution in [-0.2, 0) is 4.79 Å². The average Bonchev–Trinajstić information content (AvgIpc) is 2.29. The molecule has 0 spiro atoms. The van der Waals surface area contributed by atoms with Crippen molar-refractivity contribution in [1.82, 2.24) is 0 Å². The second kappa shape index (κ2) is 5.15. The Morgan fingerprint density at radius 2 is 1.88 bits per heavy atom. The zero-order valence-corrected chi connectivity index (χ0v) is 10.7. The predicted octanol–water partition coefficient (Wildman–Crippen LogP) is 3.05. The summed E-state index contributed by atoms with van der Waals surface area (Å²) in [6.45, 7) is 6.89. The Balaban J connectivity index is 2.75. The summed E-state index contributed by atoms with van der Waals surface area (Å²) in [5.41, 5.74) is 2.16. The van der Waals surface area contributed by atoms with Crippen LogP contribution in [-0.4, -0.2) is 19.9 Å². The van der Waals surface area contributed by atoms with Crippen molar-refractivity contribution in [3.63, 3.8) is 0 Å². The van der Waals surface area contributed by atoms with Gasteiger partial charge in [0, 0.05) is 24.7 Å². The number of carbonyl (C=O) groups is 1. The fourth-order valence-corrected chi connectivity index (χ4v) is 1.66. The maximum atomic E-state index is 11.1. The third-order valence-corrected chi connectivity index (χ3v) is 3.17. The number of nitrogens with zero attached hydrogens (tertiary/aromatic N) is 1. The highest BCUT2D eigenvalue weighted by molar-refractivity contribution is 5.61. The first-order chi connectivity index (χ1) is 7.50. The standard InChI is InChI=1S/C14H21NO/c1-5-14(3,11-16)10-15(4)13-8-6-12(2)7-9-13/h6-9,11H,5,10H2,1-4H3. The van der Waals surface area contributed by atoms with Crippen LogP contribution in [0, 0.1) is 12.3 Å². The maximum Gasteiger partial charge on any atom is 0.127 e. The molecule has 2 nitrogen and oxygen atoms in total. The van der Waals surface area contributed by atoms with Crippen molar-refractivity contribution in [2.24, 2.45) is 5.41 Å². The van der Waals surface area contributed by atoms with Gasteiger partial charge in [-0.2, -0.15) is 0 Å². The van der Waals surface area contributed by atoms with E-state index < -0.39 is 0 Å². The number of aldehydes is 1. The van der Waals surface area contributed by atoms with E-state index in [0.29, 0.717) is 0 Å². The number of benzene rings is 1. The van der Waals surface area contributed by atoms with Gasteiger partial charge in [0.05, 0.1) is 0 Å². The molecular weight excluding hydrogens is 198 g/mol. The summed E-state index contributed by atoms with van der Waals surface area (Å²) >= 11 is 0. The van der Waals surface area contributed by atoms with Crippen molar-refractivity contribution in [2.75, 3.05) is 18.5 Å². The van der Waals surface area contributed by atoms with Crippen LogP contribution >= 0.6 is 0 Å². The van der Waals surface area contributed by atoms with Crippen LogP contribution in [0.2, 0.25) is 0 Å². The van der Waals surface area contributed by atoms with E-state index in [1.165, 1.54) is 5.56 Å². The second-order valence-corrected chi connectivity index (χ2v) is 4.82. The second-order valence-electron chi connectivity index (χ2n) is 4.82. The first kappa shape index (κ1) is 12.8. The molecule has 1 aromatic rings. The van der Waals surface area contributed by atoms with Gasteiger partial charge >= 0.3 is 0 Å². The third kappa shape index (κ3) is 3.09. The van der Waals surface area contributed by atoms with Gasteiger partial charge in [-0.05, 0) is 25.5 Å². The summed E-state index contributed by atoms with van der Waals surface area (Å²) in [6.07, 6.45) is 1.93. The van der Waals surface area contributed by atoms with Crippen LogP contribution in [0.1, 0.15) is 25.8 Å². The molecule has 0 saturated carbocycles. The number of hydrogen-bond acceptors (Lipinski definition) is 2. The fraction of sp³-hybridized carbons (Fsp3) is 0.500. The summed E-state index contributed by atoms with van der Waals surface area (Å²) in [4.78, 5) is 13.2. The van der Waals surface area contributed by atoms with E-state index in [9.17, 15) is 4.79 Å². The van der Waals surface area contributed by atoms with Crippen LogP contribution in [0.3, 0.4) is 0 Å². The van der Waals surface area contributed by atoms with Crippen LogP contribution in [0.15, 0.2) is 24.3 Å². The van der Waals surface area contributed by atoms with Crippen molar-refractivity contribution in [3.05, 3.63) is 29.8 Å². The first-order valence-corrected chi connectivity index (χ1v) is 5.75. The van der Waals surface area contributed by atoms with E-state index in [2.05, 4.69) is 43.0 Å². The molecule has 1 rings (SSSR count). The summed E-state index contributed by atoms with van der Waals surface area (Å²) in [6, 6.07) is 8.37. The summed E-state index contributed by atoms with van der Waals surface area (Å²) < 4.78 is 0. The molecule has 0 saturated heterocycles. The lowest BCUT2D eigenvalue weighted by Gasteiger charge is -2.29. The van der Waals surface area contributed by atoms with Gasteiger partial charge in [0.25, 0.3) is 0 Å². The van der Waals surface area contributed by atoms with Gasteiger partial charge in [-0.1, -0.05) is 31.5 Å². The van der Waals surface area contributed by atoms with Gasteiger partial charge in [0.1, 0.15) is 6.29 Å². The minimum Gasteiger partial charge on any atom is -0.374 e. The monoisotopic (exact) mass is 219 g/mol. The Labute approximate surface area is 98.3 Å². The lowest BCUT2D eigenvalue weighted by molar-refractivity contribution is -0.115. The first-order valence-electron chi connectivity index (χ1n) is 5.75. The van der Waals surface area contributed by atoms with Crippen molar-refractivity contribution in [2.45, 2.75) is 27.2 Å². The molecule has 0 amide bonds. The summed E-state index contributed by atoms with van der Waals surface area (Å²) in [5, 5.41) is 0. The Hall–Kier alpha value is -1.31. The van der Waals surface area contributed by atoms with Gasteiger partial charge in [0.2, 0.25) is 0 Å². The molecule has 0 fully saturated rings. The van der Waals surface area contributed by atoms with Gasteiger partial charge in [0.15, 0.2) is 0 Å². The molecule has 0 aromatic heterocycles. The molecule has 0 aliphatic carbocycles. The molecular formula is C14H21NO. The molecule has 0 aliphatic rings. The third-order valence-electron chi connectivity index (χ3n) is 3.17. The smallest absolute Gasteiger partial charge is 0.127 e. The van der Waals surface area contributed by atoms with Gasteiger partial charge < -0.3 is 9.69 Å². The Morgan fingerprint density at radius 1 is 1.31 bits per heavy atom. The Morgan fingerprint density at radius 3 is 2.31 bits per heavy atom. The highest BCUT2D eigenvalue weighted by Crippen LogP contribution is 2.22. The Kier molecular flexibility index (Phi) is 4.11. The number of carbonyl (C=O) groups excluding carboxylic acids is 1. The van der Waals surface area contributed by atoms with Crippen molar-refractivity contribution >= 4 is 12.0 Å². The van der Waals surface area contributed by atoms with E-state index in [-0.39, 0.29) is 5.41 Å². The molecule has 0 aliphatic heterocycles. The Bertz CT molecular complexity index is 344. The minimum atomic E-state index is -0.250. The van der Waals surface area contributed by atoms with E-state index in [1.54, 1.807) is 0 Å². The largest absolute Gasteiger partial charge is 0.374 e. The summed E-state index contributed by atoms with van der Waals surface area (Å²) in [5.74, 6) is 0. The fourth-order valence-electron chi connectivity index (χ4n) is 1.66. The van der Waals surface area contributed by atoms with Gasteiger partial charge in [-0.15, -0.1) is 0 Å². The molecule has 1 unspecified atom stereocenters. The minimum absolute atomic E-state index is 0.250. The average molecular weight is 219 g/mol. The zero-order chi connectivity index (χ0) is 12.2. The van der Waals surface area contributed by atoms with E-state index in [1.807, 2.05) is 14.0 Å². The number of anilines is 1. The predicted molar refractivity (Wildman–Crippen MR) is 68.9 cm³/mol. The van der Waals surface area contributed by atoms with Crippen LogP contribution < -0.4 is 4.90 Å². The van der Waals surface area contributed by atoms with Crippen LogP contribution in [0.25, 0.3) is 0 Å². The van der Waals surface area contributed by atoms with Gasteiger partial charge in [-0.3, -0.25) is 0 Å². The molecule has 16 heavy (non-hydrogen) atoms. The van der Waals surface area contributed by atoms with Crippen molar-refractivity contribution in [3.8, 4) is 0 Å². The SMILES string of the molecule is CCC(C)(C=O)CN(C)c1ccc(C)cc1. The normalized spacial score (nSPS) is 14.2. The van der Waals surface area contributed by atoms with Crippen molar-refractivity contribution < 1.29 is 4.79 Å². The topological polar surface area (TPSA) is 20.3 Å². The van der Waals surface area contributed by atoms with Crippen LogP contribution in [0.4, 0.5) is 5.69 Å². The van der Waals surface area contributed by atoms with E-state index in [0.717, 1.165) is 24.9 Å². The lowest BCUT2D eigenvalue weighted by Crippen LogP contribution is -2.34.